The number of nitrogens with one attached hydrogen (secondary N) is 1. The maximum absolute atomic E-state index is 13.9. The quantitative estimate of drug-likeness (QED) is 0.889. The van der Waals surface area contributed by atoms with Gasteiger partial charge in [-0.15, -0.1) is 0 Å². The molecule has 1 heterocycles. The monoisotopic (exact) mass is 291 g/mol. The first kappa shape index (κ1) is 15.4. The van der Waals surface area contributed by atoms with E-state index in [1.54, 1.807) is 6.07 Å². The maximum atomic E-state index is 13.9. The normalized spacial score (nSPS) is 11.0. The lowest BCUT2D eigenvalue weighted by Crippen LogP contribution is -2.07. The van der Waals surface area contributed by atoms with Crippen LogP contribution in [0.4, 0.5) is 14.6 Å². The second-order valence-corrected chi connectivity index (χ2v) is 5.20. The van der Waals surface area contributed by atoms with Crippen molar-refractivity contribution in [2.24, 2.45) is 0 Å². The zero-order valence-electron chi connectivity index (χ0n) is 12.5. The standard InChI is InChI=1S/C16H19F2N3/c1-4-7-19-15-9-14(20-16(21-15)10(2)3)12-8-11(17)5-6-13(12)18/h5-6,8-10H,4,7H2,1-3H3,(H,19,20,21). The van der Waals surface area contributed by atoms with Crippen LogP contribution in [0.25, 0.3) is 11.3 Å². The van der Waals surface area contributed by atoms with Crippen LogP contribution in [0.15, 0.2) is 24.3 Å². The molecule has 0 bridgehead atoms. The number of halogens is 2. The zero-order valence-corrected chi connectivity index (χ0v) is 12.5. The molecule has 5 heteroatoms. The Labute approximate surface area is 123 Å². The molecule has 0 aliphatic carbocycles. The minimum Gasteiger partial charge on any atom is -0.370 e. The topological polar surface area (TPSA) is 37.8 Å². The Morgan fingerprint density at radius 3 is 2.57 bits per heavy atom. The molecule has 0 amide bonds. The Bertz CT molecular complexity index is 627. The van der Waals surface area contributed by atoms with Gasteiger partial charge in [0.25, 0.3) is 0 Å². The average Bonchev–Trinajstić information content (AvgIpc) is 2.47. The summed E-state index contributed by atoms with van der Waals surface area (Å²) in [5.74, 6) is 0.359. The van der Waals surface area contributed by atoms with Gasteiger partial charge in [-0.3, -0.25) is 0 Å². The van der Waals surface area contributed by atoms with Crippen molar-refractivity contribution in [3.63, 3.8) is 0 Å². The molecule has 21 heavy (non-hydrogen) atoms. The van der Waals surface area contributed by atoms with Gasteiger partial charge in [0, 0.05) is 24.1 Å². The molecule has 0 spiro atoms. The van der Waals surface area contributed by atoms with E-state index in [-0.39, 0.29) is 11.5 Å². The number of benzene rings is 1. The second kappa shape index (κ2) is 6.61. The van der Waals surface area contributed by atoms with E-state index in [1.165, 1.54) is 0 Å². The van der Waals surface area contributed by atoms with Crippen LogP contribution in [0.3, 0.4) is 0 Å². The van der Waals surface area contributed by atoms with Gasteiger partial charge in [0.1, 0.15) is 23.3 Å². The molecule has 0 unspecified atom stereocenters. The third-order valence-electron chi connectivity index (χ3n) is 3.02. The van der Waals surface area contributed by atoms with Crippen LogP contribution in [0, 0.1) is 11.6 Å². The SMILES string of the molecule is CCCNc1cc(-c2cc(F)ccc2F)nc(C(C)C)n1. The van der Waals surface area contributed by atoms with Crippen LogP contribution in [-0.4, -0.2) is 16.5 Å². The smallest absolute Gasteiger partial charge is 0.133 e. The Balaban J connectivity index is 2.51. The van der Waals surface area contributed by atoms with E-state index < -0.39 is 11.6 Å². The Kier molecular flexibility index (Phi) is 4.83. The lowest BCUT2D eigenvalue weighted by Gasteiger charge is -2.12. The van der Waals surface area contributed by atoms with Gasteiger partial charge < -0.3 is 5.32 Å². The summed E-state index contributed by atoms with van der Waals surface area (Å²) < 4.78 is 27.3. The van der Waals surface area contributed by atoms with Crippen molar-refractivity contribution in [1.29, 1.82) is 0 Å². The third-order valence-corrected chi connectivity index (χ3v) is 3.02. The summed E-state index contributed by atoms with van der Waals surface area (Å²) in [4.78, 5) is 8.77. The van der Waals surface area contributed by atoms with Gasteiger partial charge in [-0.25, -0.2) is 18.7 Å². The Morgan fingerprint density at radius 2 is 1.90 bits per heavy atom. The van der Waals surface area contributed by atoms with Gasteiger partial charge >= 0.3 is 0 Å². The maximum Gasteiger partial charge on any atom is 0.133 e. The van der Waals surface area contributed by atoms with Gasteiger partial charge in [-0.1, -0.05) is 20.8 Å². The third kappa shape index (κ3) is 3.74. The molecule has 0 fully saturated rings. The molecular weight excluding hydrogens is 272 g/mol. The van der Waals surface area contributed by atoms with E-state index in [9.17, 15) is 8.78 Å². The van der Waals surface area contributed by atoms with Crippen molar-refractivity contribution in [1.82, 2.24) is 9.97 Å². The lowest BCUT2D eigenvalue weighted by atomic mass is 10.1. The first-order valence-electron chi connectivity index (χ1n) is 7.09. The fourth-order valence-corrected chi connectivity index (χ4v) is 1.90. The summed E-state index contributed by atoms with van der Waals surface area (Å²) >= 11 is 0. The van der Waals surface area contributed by atoms with Crippen molar-refractivity contribution in [3.05, 3.63) is 41.7 Å². The molecule has 112 valence electrons. The van der Waals surface area contributed by atoms with Crippen LogP contribution in [0.2, 0.25) is 0 Å². The highest BCUT2D eigenvalue weighted by atomic mass is 19.1. The van der Waals surface area contributed by atoms with Crippen LogP contribution < -0.4 is 5.32 Å². The number of rotatable bonds is 5. The fourth-order valence-electron chi connectivity index (χ4n) is 1.90. The van der Waals surface area contributed by atoms with Crippen LogP contribution in [0.5, 0.6) is 0 Å². The van der Waals surface area contributed by atoms with E-state index in [0.29, 0.717) is 17.3 Å². The summed E-state index contributed by atoms with van der Waals surface area (Å²) in [6, 6.07) is 5.02. The van der Waals surface area contributed by atoms with E-state index in [0.717, 1.165) is 31.2 Å². The Hall–Kier alpha value is -2.04. The molecule has 0 radical (unpaired) electrons. The van der Waals surface area contributed by atoms with E-state index in [2.05, 4.69) is 15.3 Å². The van der Waals surface area contributed by atoms with Gasteiger partial charge in [-0.2, -0.15) is 0 Å². The van der Waals surface area contributed by atoms with Gasteiger partial charge in [0.05, 0.1) is 5.69 Å². The predicted molar refractivity (Wildman–Crippen MR) is 80.3 cm³/mol. The summed E-state index contributed by atoms with van der Waals surface area (Å²) in [6.45, 7) is 6.74. The zero-order chi connectivity index (χ0) is 15.4. The number of nitrogens with zero attached hydrogens (tertiary/aromatic N) is 2. The van der Waals surface area contributed by atoms with Crippen molar-refractivity contribution in [3.8, 4) is 11.3 Å². The van der Waals surface area contributed by atoms with E-state index >= 15 is 0 Å². The van der Waals surface area contributed by atoms with Gasteiger partial charge in [-0.05, 0) is 24.6 Å². The van der Waals surface area contributed by atoms with Gasteiger partial charge in [0.15, 0.2) is 0 Å². The van der Waals surface area contributed by atoms with Crippen molar-refractivity contribution in [2.45, 2.75) is 33.1 Å². The summed E-state index contributed by atoms with van der Waals surface area (Å²) in [7, 11) is 0. The highest BCUT2D eigenvalue weighted by molar-refractivity contribution is 5.63. The number of aromatic nitrogens is 2. The summed E-state index contributed by atoms with van der Waals surface area (Å²) in [6.07, 6.45) is 0.949. The molecule has 0 aliphatic heterocycles. The minimum absolute atomic E-state index is 0.101. The molecule has 1 aromatic heterocycles. The molecule has 0 saturated carbocycles. The largest absolute Gasteiger partial charge is 0.370 e. The first-order chi connectivity index (χ1) is 10.0. The van der Waals surface area contributed by atoms with Crippen molar-refractivity contribution < 1.29 is 8.78 Å². The highest BCUT2D eigenvalue weighted by Gasteiger charge is 2.13. The molecule has 2 rings (SSSR count). The van der Waals surface area contributed by atoms with E-state index in [1.807, 2.05) is 20.8 Å². The number of hydrogen-bond acceptors (Lipinski definition) is 3. The molecule has 1 N–H and O–H groups in total. The van der Waals surface area contributed by atoms with Gasteiger partial charge in [0.2, 0.25) is 0 Å². The molecule has 1 aromatic carbocycles. The molecule has 3 nitrogen and oxygen atoms in total. The molecule has 0 aliphatic rings. The van der Waals surface area contributed by atoms with Crippen LogP contribution in [0.1, 0.15) is 38.9 Å². The Morgan fingerprint density at radius 1 is 1.14 bits per heavy atom. The molecule has 0 atom stereocenters. The molecule has 2 aromatic rings. The van der Waals surface area contributed by atoms with E-state index in [4.69, 9.17) is 0 Å². The summed E-state index contributed by atoms with van der Waals surface area (Å²) in [5, 5.41) is 3.17. The fraction of sp³-hybridized carbons (Fsp3) is 0.375. The molecule has 0 saturated heterocycles. The number of hydrogen-bond donors (Lipinski definition) is 1. The second-order valence-electron chi connectivity index (χ2n) is 5.20. The predicted octanol–water partition coefficient (Wildman–Crippen LogP) is 4.37. The van der Waals surface area contributed by atoms with Crippen LogP contribution >= 0.6 is 0 Å². The average molecular weight is 291 g/mol. The molecular formula is C16H19F2N3. The lowest BCUT2D eigenvalue weighted by molar-refractivity contribution is 0.602. The minimum atomic E-state index is -0.494. The van der Waals surface area contributed by atoms with Crippen LogP contribution in [-0.2, 0) is 0 Å². The van der Waals surface area contributed by atoms with Crippen molar-refractivity contribution in [2.75, 3.05) is 11.9 Å². The first-order valence-corrected chi connectivity index (χ1v) is 7.09. The number of anilines is 1. The van der Waals surface area contributed by atoms with Crippen molar-refractivity contribution >= 4 is 5.82 Å². The summed E-state index contributed by atoms with van der Waals surface area (Å²) in [5.41, 5.74) is 0.545. The highest BCUT2D eigenvalue weighted by Crippen LogP contribution is 2.25.